The van der Waals surface area contributed by atoms with Crippen LogP contribution in [0.25, 0.3) is 10.2 Å². The number of aryl methyl sites for hydroxylation is 1. The van der Waals surface area contributed by atoms with E-state index in [-0.39, 0.29) is 0 Å². The van der Waals surface area contributed by atoms with Crippen molar-refractivity contribution in [2.24, 2.45) is 5.41 Å². The third kappa shape index (κ3) is 2.56. The summed E-state index contributed by atoms with van der Waals surface area (Å²) >= 11 is 7.72. The molecule has 3 rings (SSSR count). The molecule has 0 radical (unpaired) electrons. The fraction of sp³-hybridized carbons (Fsp3) is 0.571. The van der Waals surface area contributed by atoms with Crippen molar-refractivity contribution in [3.8, 4) is 0 Å². The Hall–Kier alpha value is -0.870. The van der Waals surface area contributed by atoms with Gasteiger partial charge in [0.05, 0.1) is 5.39 Å². The highest BCUT2D eigenvalue weighted by molar-refractivity contribution is 7.18. The van der Waals surface area contributed by atoms with Crippen LogP contribution in [-0.4, -0.2) is 16.5 Å². The molecule has 5 heteroatoms. The van der Waals surface area contributed by atoms with E-state index in [1.807, 2.05) is 0 Å². The van der Waals surface area contributed by atoms with Gasteiger partial charge in [0.1, 0.15) is 10.6 Å². The molecular weight excluding hydrogens is 278 g/mol. The van der Waals surface area contributed by atoms with Gasteiger partial charge in [0, 0.05) is 11.4 Å². The molecule has 0 spiro atoms. The Labute approximate surface area is 122 Å². The molecule has 3 nitrogen and oxygen atoms in total. The van der Waals surface area contributed by atoms with Gasteiger partial charge in [-0.25, -0.2) is 9.97 Å². The Morgan fingerprint density at radius 3 is 2.79 bits per heavy atom. The molecule has 0 atom stereocenters. The minimum atomic E-state index is 0.334. The molecule has 1 fully saturated rings. The fourth-order valence-corrected chi connectivity index (χ4v) is 3.54. The summed E-state index contributed by atoms with van der Waals surface area (Å²) in [7, 11) is 0. The molecule has 2 aromatic heterocycles. The molecule has 1 aliphatic carbocycles. The largest absolute Gasteiger partial charge is 0.369 e. The van der Waals surface area contributed by atoms with Gasteiger partial charge in [-0.15, -0.1) is 11.3 Å². The van der Waals surface area contributed by atoms with E-state index in [9.17, 15) is 0 Å². The molecule has 1 saturated carbocycles. The lowest BCUT2D eigenvalue weighted by Crippen LogP contribution is -2.15. The Morgan fingerprint density at radius 2 is 2.16 bits per heavy atom. The molecule has 0 saturated heterocycles. The maximum atomic E-state index is 6.02. The first-order valence-electron chi connectivity index (χ1n) is 6.85. The molecule has 0 aromatic carbocycles. The second-order valence-corrected chi connectivity index (χ2v) is 6.79. The van der Waals surface area contributed by atoms with Crippen LogP contribution in [0.1, 0.15) is 38.0 Å². The Kier molecular flexibility index (Phi) is 3.39. The van der Waals surface area contributed by atoms with E-state index >= 15 is 0 Å². The summed E-state index contributed by atoms with van der Waals surface area (Å²) in [5.41, 5.74) is 0.493. The number of nitrogens with zero attached hydrogens (tertiary/aromatic N) is 2. The summed E-state index contributed by atoms with van der Waals surface area (Å²) in [5, 5.41) is 4.93. The van der Waals surface area contributed by atoms with Crippen LogP contribution < -0.4 is 5.32 Å². The average molecular weight is 296 g/mol. The first-order valence-corrected chi connectivity index (χ1v) is 8.05. The molecule has 0 amide bonds. The maximum absolute atomic E-state index is 6.02. The molecule has 1 N–H and O–H groups in total. The van der Waals surface area contributed by atoms with Gasteiger partial charge in [0.15, 0.2) is 0 Å². The van der Waals surface area contributed by atoms with Crippen molar-refractivity contribution in [2.75, 3.05) is 11.9 Å². The van der Waals surface area contributed by atoms with Crippen molar-refractivity contribution in [2.45, 2.75) is 39.5 Å². The summed E-state index contributed by atoms with van der Waals surface area (Å²) in [4.78, 5) is 11.0. The van der Waals surface area contributed by atoms with E-state index in [4.69, 9.17) is 11.6 Å². The van der Waals surface area contributed by atoms with E-state index in [2.05, 4.69) is 35.2 Å². The van der Waals surface area contributed by atoms with E-state index < -0.39 is 0 Å². The van der Waals surface area contributed by atoms with Crippen molar-refractivity contribution >= 4 is 39.0 Å². The highest BCUT2D eigenvalue weighted by Gasteiger charge is 2.40. The maximum Gasteiger partial charge on any atom is 0.225 e. The Balaban J connectivity index is 1.90. The quantitative estimate of drug-likeness (QED) is 0.825. The van der Waals surface area contributed by atoms with Crippen LogP contribution in [0.15, 0.2) is 6.07 Å². The molecule has 19 heavy (non-hydrogen) atoms. The average Bonchev–Trinajstić information content (AvgIpc) is 3.08. The van der Waals surface area contributed by atoms with Gasteiger partial charge in [-0.2, -0.15) is 0 Å². The lowest BCUT2D eigenvalue weighted by molar-refractivity contribution is 0.521. The summed E-state index contributed by atoms with van der Waals surface area (Å²) in [6.45, 7) is 5.41. The van der Waals surface area contributed by atoms with Crippen LogP contribution >= 0.6 is 22.9 Å². The standard InChI is InChI=1S/C14H18ClN3S/c1-3-9-7-10-11(16-8-14(4-2)5-6-14)17-13(15)18-12(10)19-9/h7H,3-6,8H2,1-2H3,(H,16,17,18). The monoisotopic (exact) mass is 295 g/mol. The van der Waals surface area contributed by atoms with Crippen molar-refractivity contribution in [1.29, 1.82) is 0 Å². The van der Waals surface area contributed by atoms with Gasteiger partial charge < -0.3 is 5.32 Å². The third-order valence-electron chi connectivity index (χ3n) is 4.10. The van der Waals surface area contributed by atoms with Crippen LogP contribution in [0, 0.1) is 5.41 Å². The summed E-state index contributed by atoms with van der Waals surface area (Å²) < 4.78 is 0. The number of halogens is 1. The number of aromatic nitrogens is 2. The summed E-state index contributed by atoms with van der Waals surface area (Å²) in [6, 6.07) is 2.18. The minimum Gasteiger partial charge on any atom is -0.369 e. The number of rotatable bonds is 5. The number of anilines is 1. The molecular formula is C14H18ClN3S. The van der Waals surface area contributed by atoms with Crippen LogP contribution in [0.4, 0.5) is 5.82 Å². The Bertz CT molecular complexity index is 604. The van der Waals surface area contributed by atoms with Crippen LogP contribution in [0.3, 0.4) is 0 Å². The predicted molar refractivity (Wildman–Crippen MR) is 82.3 cm³/mol. The van der Waals surface area contributed by atoms with Crippen molar-refractivity contribution in [3.05, 3.63) is 16.2 Å². The third-order valence-corrected chi connectivity index (χ3v) is 5.45. The topological polar surface area (TPSA) is 37.8 Å². The fourth-order valence-electron chi connectivity index (χ4n) is 2.36. The molecule has 1 aliphatic rings. The number of fused-ring (bicyclic) bond motifs is 1. The van der Waals surface area contributed by atoms with E-state index in [0.29, 0.717) is 10.7 Å². The minimum absolute atomic E-state index is 0.334. The first kappa shape index (κ1) is 13.1. The lowest BCUT2D eigenvalue weighted by atomic mass is 10.0. The highest BCUT2D eigenvalue weighted by Crippen LogP contribution is 2.48. The zero-order valence-corrected chi connectivity index (χ0v) is 12.9. The zero-order chi connectivity index (χ0) is 13.5. The van der Waals surface area contributed by atoms with Gasteiger partial charge in [-0.1, -0.05) is 13.8 Å². The smallest absolute Gasteiger partial charge is 0.225 e. The van der Waals surface area contributed by atoms with Crippen molar-refractivity contribution in [1.82, 2.24) is 9.97 Å². The SMILES string of the molecule is CCc1cc2c(NCC3(CC)CC3)nc(Cl)nc2s1. The number of hydrogen-bond acceptors (Lipinski definition) is 4. The number of hydrogen-bond donors (Lipinski definition) is 1. The Morgan fingerprint density at radius 1 is 1.37 bits per heavy atom. The predicted octanol–water partition coefficient (Wildman–Crippen LogP) is 4.51. The van der Waals surface area contributed by atoms with Crippen molar-refractivity contribution in [3.63, 3.8) is 0 Å². The normalized spacial score (nSPS) is 16.8. The van der Waals surface area contributed by atoms with Gasteiger partial charge >= 0.3 is 0 Å². The molecule has 2 heterocycles. The lowest BCUT2D eigenvalue weighted by Gasteiger charge is -2.14. The number of thiophene rings is 1. The van der Waals surface area contributed by atoms with Gasteiger partial charge in [0.25, 0.3) is 0 Å². The zero-order valence-electron chi connectivity index (χ0n) is 11.3. The second-order valence-electron chi connectivity index (χ2n) is 5.33. The van der Waals surface area contributed by atoms with Crippen LogP contribution in [0.5, 0.6) is 0 Å². The van der Waals surface area contributed by atoms with Crippen molar-refractivity contribution < 1.29 is 0 Å². The van der Waals surface area contributed by atoms with E-state index in [1.54, 1.807) is 11.3 Å². The van der Waals surface area contributed by atoms with E-state index in [0.717, 1.165) is 29.0 Å². The van der Waals surface area contributed by atoms with Crippen LogP contribution in [0.2, 0.25) is 5.28 Å². The van der Waals surface area contributed by atoms with Gasteiger partial charge in [-0.05, 0) is 48.8 Å². The van der Waals surface area contributed by atoms with Gasteiger partial charge in [0.2, 0.25) is 5.28 Å². The highest BCUT2D eigenvalue weighted by atomic mass is 35.5. The second kappa shape index (κ2) is 4.91. The molecule has 0 aliphatic heterocycles. The molecule has 102 valence electrons. The number of nitrogens with one attached hydrogen (secondary N) is 1. The molecule has 0 unspecified atom stereocenters. The summed E-state index contributed by atoms with van der Waals surface area (Å²) in [5.74, 6) is 0.894. The molecule has 2 aromatic rings. The van der Waals surface area contributed by atoms with Gasteiger partial charge in [-0.3, -0.25) is 0 Å². The van der Waals surface area contributed by atoms with Crippen LogP contribution in [-0.2, 0) is 6.42 Å². The molecule has 0 bridgehead atoms. The van der Waals surface area contributed by atoms with E-state index in [1.165, 1.54) is 24.1 Å². The first-order chi connectivity index (χ1) is 9.15. The summed E-state index contributed by atoms with van der Waals surface area (Å²) in [6.07, 6.45) is 4.90.